The molecule has 56 valence electrons. The topological polar surface area (TPSA) is 37.3 Å². The van der Waals surface area contributed by atoms with Crippen molar-refractivity contribution in [2.75, 3.05) is 0 Å². The minimum Gasteiger partial charge on any atom is -0.478 e. The highest BCUT2D eigenvalue weighted by Crippen LogP contribution is 2.03. The van der Waals surface area contributed by atoms with E-state index in [0.29, 0.717) is 12.0 Å². The van der Waals surface area contributed by atoms with Gasteiger partial charge in [-0.15, -0.1) is 0 Å². The van der Waals surface area contributed by atoms with E-state index in [1.54, 1.807) is 0 Å². The molecule has 0 unspecified atom stereocenters. The van der Waals surface area contributed by atoms with E-state index in [0.717, 1.165) is 12.8 Å². The Kier molecular flexibility index (Phi) is 8.95. The van der Waals surface area contributed by atoms with Crippen LogP contribution < -0.4 is 0 Å². The van der Waals surface area contributed by atoms with Gasteiger partial charge in [0.15, 0.2) is 0 Å². The van der Waals surface area contributed by atoms with E-state index in [1.165, 1.54) is 0 Å². The third-order valence-electron chi connectivity index (χ3n) is 1.13. The lowest BCUT2D eigenvalue weighted by atomic mass is 10.1. The van der Waals surface area contributed by atoms with Crippen molar-refractivity contribution in [3.63, 3.8) is 0 Å². The molecule has 10 heavy (non-hydrogen) atoms. The average molecular weight is 154 g/mol. The highest BCUT2D eigenvalue weighted by atomic mass is 24.3. The zero-order valence-electron chi connectivity index (χ0n) is 5.68. The summed E-state index contributed by atoms with van der Waals surface area (Å²) in [5.74, 6) is -0.872. The Hall–Kier alpha value is -0.0238. The van der Waals surface area contributed by atoms with Gasteiger partial charge in [-0.2, -0.15) is 0 Å². The summed E-state index contributed by atoms with van der Waals surface area (Å²) in [6.45, 7) is 5.42. The second kappa shape index (κ2) is 7.09. The Morgan fingerprint density at radius 1 is 1.60 bits per heavy atom. The third-order valence-corrected chi connectivity index (χ3v) is 1.13. The molecule has 0 aliphatic heterocycles. The Labute approximate surface area is 77.5 Å². The molecule has 0 radical (unpaired) electrons. The Balaban J connectivity index is 0. The number of unbranched alkanes of at least 4 members (excludes halogenated alkanes) is 1. The van der Waals surface area contributed by atoms with Crippen LogP contribution >= 0.6 is 0 Å². The fraction of sp³-hybridized carbons (Fsp3) is 0.571. The van der Waals surface area contributed by atoms with Crippen LogP contribution in [0.4, 0.5) is 0 Å². The molecule has 0 rings (SSSR count). The monoisotopic (exact) mass is 154 g/mol. The highest BCUT2D eigenvalue weighted by Gasteiger charge is 2.00. The Bertz CT molecular complexity index is 121. The quantitative estimate of drug-likeness (QED) is 0.483. The number of hydrogen-bond donors (Lipinski definition) is 1. The number of carboxylic acids is 1. The van der Waals surface area contributed by atoms with Gasteiger partial charge in [0.1, 0.15) is 0 Å². The molecule has 0 aliphatic rings. The van der Waals surface area contributed by atoms with Crippen molar-refractivity contribution in [3.05, 3.63) is 12.2 Å². The van der Waals surface area contributed by atoms with E-state index in [-0.39, 0.29) is 23.1 Å². The Morgan fingerprint density at radius 3 is 2.40 bits per heavy atom. The van der Waals surface area contributed by atoms with Gasteiger partial charge in [-0.25, -0.2) is 4.79 Å². The summed E-state index contributed by atoms with van der Waals surface area (Å²) >= 11 is 0. The standard InChI is InChI=1S/C7H12O2.Mg.2H/c1-3-4-5-6(2)7(8)9;;;/h2-5H2,1H3,(H,8,9);;;. The fourth-order valence-electron chi connectivity index (χ4n) is 0.497. The number of rotatable bonds is 4. The first-order valence-electron chi connectivity index (χ1n) is 3.09. The molecule has 0 saturated carbocycles. The first kappa shape index (κ1) is 12.6. The molecule has 0 atom stereocenters. The van der Waals surface area contributed by atoms with Crippen LogP contribution in [0.3, 0.4) is 0 Å². The molecule has 3 heteroatoms. The van der Waals surface area contributed by atoms with Crippen LogP contribution in [0.15, 0.2) is 12.2 Å². The van der Waals surface area contributed by atoms with Crippen molar-refractivity contribution in [1.82, 2.24) is 0 Å². The molecule has 0 aromatic carbocycles. The lowest BCUT2D eigenvalue weighted by Crippen LogP contribution is -1.97. The van der Waals surface area contributed by atoms with Crippen LogP contribution in [0.2, 0.25) is 0 Å². The summed E-state index contributed by atoms with van der Waals surface area (Å²) in [6, 6.07) is 0. The summed E-state index contributed by atoms with van der Waals surface area (Å²) in [6.07, 6.45) is 2.56. The molecule has 0 aromatic rings. The third kappa shape index (κ3) is 6.10. The van der Waals surface area contributed by atoms with Gasteiger partial charge >= 0.3 is 29.0 Å². The molecule has 0 spiro atoms. The molecular weight excluding hydrogens is 140 g/mol. The predicted molar refractivity (Wildman–Crippen MR) is 44.8 cm³/mol. The SMILES string of the molecule is C=C(CCCC)C(=O)O.[MgH2]. The summed E-state index contributed by atoms with van der Waals surface area (Å²) < 4.78 is 0. The maximum atomic E-state index is 10.1. The van der Waals surface area contributed by atoms with Crippen LogP contribution in [0.5, 0.6) is 0 Å². The van der Waals surface area contributed by atoms with Crippen molar-refractivity contribution < 1.29 is 9.90 Å². The van der Waals surface area contributed by atoms with Crippen LogP contribution in [-0.4, -0.2) is 34.1 Å². The number of carboxylic acid groups (broad SMARTS) is 1. The van der Waals surface area contributed by atoms with E-state index >= 15 is 0 Å². The molecule has 0 saturated heterocycles. The van der Waals surface area contributed by atoms with Crippen LogP contribution in [0.1, 0.15) is 26.2 Å². The van der Waals surface area contributed by atoms with Crippen LogP contribution in [0.25, 0.3) is 0 Å². The molecule has 0 bridgehead atoms. The zero-order chi connectivity index (χ0) is 7.28. The van der Waals surface area contributed by atoms with E-state index in [2.05, 4.69) is 6.58 Å². The molecule has 0 aliphatic carbocycles. The molecule has 2 nitrogen and oxygen atoms in total. The van der Waals surface area contributed by atoms with E-state index in [1.807, 2.05) is 6.92 Å². The first-order chi connectivity index (χ1) is 4.18. The van der Waals surface area contributed by atoms with E-state index in [4.69, 9.17) is 5.11 Å². The van der Waals surface area contributed by atoms with Crippen LogP contribution in [-0.2, 0) is 4.79 Å². The van der Waals surface area contributed by atoms with Gasteiger partial charge in [0.2, 0.25) is 0 Å². The molecule has 0 aromatic heterocycles. The molecule has 0 amide bonds. The summed E-state index contributed by atoms with van der Waals surface area (Å²) in [4.78, 5) is 10.1. The van der Waals surface area contributed by atoms with Crippen molar-refractivity contribution in [2.45, 2.75) is 26.2 Å². The van der Waals surface area contributed by atoms with Gasteiger partial charge in [0.25, 0.3) is 0 Å². The predicted octanol–water partition coefficient (Wildman–Crippen LogP) is 0.901. The fourth-order valence-corrected chi connectivity index (χ4v) is 0.497. The van der Waals surface area contributed by atoms with Gasteiger partial charge < -0.3 is 5.11 Å². The minimum absolute atomic E-state index is 0. The van der Waals surface area contributed by atoms with Crippen molar-refractivity contribution in [3.8, 4) is 0 Å². The Morgan fingerprint density at radius 2 is 2.10 bits per heavy atom. The first-order valence-corrected chi connectivity index (χ1v) is 3.09. The molecule has 1 N–H and O–H groups in total. The summed E-state index contributed by atoms with van der Waals surface area (Å²) in [5.41, 5.74) is 0.317. The number of hydrogen-bond acceptors (Lipinski definition) is 1. The van der Waals surface area contributed by atoms with Crippen molar-refractivity contribution in [1.29, 1.82) is 0 Å². The van der Waals surface area contributed by atoms with Gasteiger partial charge in [-0.1, -0.05) is 19.9 Å². The van der Waals surface area contributed by atoms with E-state index < -0.39 is 5.97 Å². The van der Waals surface area contributed by atoms with Crippen LogP contribution in [0, 0.1) is 0 Å². The number of aliphatic carboxylic acids is 1. The van der Waals surface area contributed by atoms with Gasteiger partial charge in [-0.3, -0.25) is 0 Å². The molecular formula is C7H14MgO2. The molecule has 0 fully saturated rings. The van der Waals surface area contributed by atoms with Gasteiger partial charge in [0.05, 0.1) is 0 Å². The molecule has 0 heterocycles. The van der Waals surface area contributed by atoms with Crippen molar-refractivity contribution in [2.24, 2.45) is 0 Å². The van der Waals surface area contributed by atoms with Gasteiger partial charge in [0, 0.05) is 5.57 Å². The van der Waals surface area contributed by atoms with Crippen molar-refractivity contribution >= 4 is 29.0 Å². The normalized spacial score (nSPS) is 8.10. The largest absolute Gasteiger partial charge is 0.478 e. The second-order valence-corrected chi connectivity index (χ2v) is 2.01. The maximum absolute atomic E-state index is 10.1. The second-order valence-electron chi connectivity index (χ2n) is 2.01. The van der Waals surface area contributed by atoms with Gasteiger partial charge in [-0.05, 0) is 12.8 Å². The maximum Gasteiger partial charge on any atom is 0.330 e. The van der Waals surface area contributed by atoms with E-state index in [9.17, 15) is 4.79 Å². The highest BCUT2D eigenvalue weighted by molar-refractivity contribution is 5.85. The summed E-state index contributed by atoms with van der Waals surface area (Å²) in [7, 11) is 0. The zero-order valence-corrected chi connectivity index (χ0v) is 5.68. The minimum atomic E-state index is -0.872. The number of carbonyl (C=O) groups is 1. The average Bonchev–Trinajstić information content (AvgIpc) is 1.82. The lowest BCUT2D eigenvalue weighted by Gasteiger charge is -1.95. The lowest BCUT2D eigenvalue weighted by molar-refractivity contribution is -0.132. The smallest absolute Gasteiger partial charge is 0.330 e. The summed E-state index contributed by atoms with van der Waals surface area (Å²) in [5, 5.41) is 8.31.